The van der Waals surface area contributed by atoms with E-state index in [4.69, 9.17) is 5.73 Å². The summed E-state index contributed by atoms with van der Waals surface area (Å²) in [7, 11) is 0. The lowest BCUT2D eigenvalue weighted by Crippen LogP contribution is -2.39. The summed E-state index contributed by atoms with van der Waals surface area (Å²) in [6.07, 6.45) is 7.74. The molecule has 4 heteroatoms. The second kappa shape index (κ2) is 8.08. The fourth-order valence-electron chi connectivity index (χ4n) is 3.19. The molecule has 0 unspecified atom stereocenters. The minimum atomic E-state index is 0.140. The van der Waals surface area contributed by atoms with E-state index in [0.29, 0.717) is 0 Å². The number of H-pyrrole nitrogens is 1. The molecule has 0 saturated heterocycles. The number of benzene rings is 1. The van der Waals surface area contributed by atoms with Crippen molar-refractivity contribution in [3.05, 3.63) is 66.1 Å². The summed E-state index contributed by atoms with van der Waals surface area (Å²) in [4.78, 5) is 9.83. The van der Waals surface area contributed by atoms with Crippen molar-refractivity contribution in [2.24, 2.45) is 5.73 Å². The van der Waals surface area contributed by atoms with E-state index in [2.05, 4.69) is 64.4 Å². The van der Waals surface area contributed by atoms with Gasteiger partial charge in [0.25, 0.3) is 0 Å². The number of nitrogens with zero attached hydrogens (tertiary/aromatic N) is 2. The van der Waals surface area contributed by atoms with Crippen LogP contribution in [0.5, 0.6) is 0 Å². The van der Waals surface area contributed by atoms with Crippen LogP contribution in [0.15, 0.2) is 55.0 Å². The van der Waals surface area contributed by atoms with Crippen LogP contribution < -0.4 is 5.73 Å². The summed E-state index contributed by atoms with van der Waals surface area (Å²) in [6.45, 7) is 5.17. The molecule has 0 spiro atoms. The molecule has 2 heterocycles. The molecule has 0 bridgehead atoms. The van der Waals surface area contributed by atoms with Crippen molar-refractivity contribution in [2.75, 3.05) is 19.6 Å². The van der Waals surface area contributed by atoms with Crippen molar-refractivity contribution in [1.29, 1.82) is 0 Å². The summed E-state index contributed by atoms with van der Waals surface area (Å²) in [6, 6.07) is 12.7. The average Bonchev–Trinajstić information content (AvgIpc) is 3.02. The van der Waals surface area contributed by atoms with Gasteiger partial charge >= 0.3 is 0 Å². The monoisotopic (exact) mass is 322 g/mol. The predicted molar refractivity (Wildman–Crippen MR) is 100 cm³/mol. The highest BCUT2D eigenvalue weighted by molar-refractivity contribution is 5.83. The predicted octanol–water partition coefficient (Wildman–Crippen LogP) is 3.00. The Morgan fingerprint density at radius 2 is 1.96 bits per heavy atom. The third-order valence-corrected chi connectivity index (χ3v) is 4.56. The smallest absolute Gasteiger partial charge is 0.0456 e. The highest BCUT2D eigenvalue weighted by Crippen LogP contribution is 2.19. The first kappa shape index (κ1) is 16.7. The SMILES string of the molecule is CCN(CCc1ccncc1)C[C@@H](N)Cc1c[nH]c2ccccc12. The fraction of sp³-hybridized carbons (Fsp3) is 0.350. The van der Waals surface area contributed by atoms with Gasteiger partial charge < -0.3 is 15.6 Å². The molecule has 0 amide bonds. The van der Waals surface area contributed by atoms with Gasteiger partial charge in [-0.1, -0.05) is 25.1 Å². The topological polar surface area (TPSA) is 57.9 Å². The Morgan fingerprint density at radius 1 is 1.17 bits per heavy atom. The van der Waals surface area contributed by atoms with Crippen molar-refractivity contribution >= 4 is 10.9 Å². The number of likely N-dealkylation sites (N-methyl/N-ethyl adjacent to an activating group) is 1. The van der Waals surface area contributed by atoms with Gasteiger partial charge in [0.2, 0.25) is 0 Å². The van der Waals surface area contributed by atoms with E-state index < -0.39 is 0 Å². The van der Waals surface area contributed by atoms with Gasteiger partial charge in [-0.05, 0) is 48.7 Å². The van der Waals surface area contributed by atoms with Gasteiger partial charge in [0.1, 0.15) is 0 Å². The standard InChI is InChI=1S/C20H26N4/c1-2-24(12-9-16-7-10-22-11-8-16)15-18(21)13-17-14-23-20-6-4-3-5-19(17)20/h3-8,10-11,14,18,23H,2,9,12-13,15,21H2,1H3/t18-/m0/s1. The largest absolute Gasteiger partial charge is 0.361 e. The van der Waals surface area contributed by atoms with Gasteiger partial charge in [0.15, 0.2) is 0 Å². The molecular formula is C20H26N4. The first-order valence-corrected chi connectivity index (χ1v) is 8.68. The molecule has 1 atom stereocenters. The summed E-state index contributed by atoms with van der Waals surface area (Å²) < 4.78 is 0. The van der Waals surface area contributed by atoms with Gasteiger partial charge in [-0.3, -0.25) is 4.98 Å². The average molecular weight is 322 g/mol. The second-order valence-electron chi connectivity index (χ2n) is 6.32. The first-order valence-electron chi connectivity index (χ1n) is 8.68. The highest BCUT2D eigenvalue weighted by Gasteiger charge is 2.12. The van der Waals surface area contributed by atoms with Crippen LogP contribution in [0.25, 0.3) is 10.9 Å². The molecule has 0 fully saturated rings. The molecule has 0 aliphatic heterocycles. The van der Waals surface area contributed by atoms with E-state index in [1.54, 1.807) is 0 Å². The van der Waals surface area contributed by atoms with Crippen LogP contribution in [0, 0.1) is 0 Å². The molecule has 1 aromatic carbocycles. The van der Waals surface area contributed by atoms with E-state index in [9.17, 15) is 0 Å². The lowest BCUT2D eigenvalue weighted by molar-refractivity contribution is 0.272. The number of hydrogen-bond donors (Lipinski definition) is 2. The Hall–Kier alpha value is -2.17. The lowest BCUT2D eigenvalue weighted by Gasteiger charge is -2.24. The number of pyridine rings is 1. The van der Waals surface area contributed by atoms with Crippen LogP contribution in [0.2, 0.25) is 0 Å². The second-order valence-corrected chi connectivity index (χ2v) is 6.32. The summed E-state index contributed by atoms with van der Waals surface area (Å²) in [5.41, 5.74) is 10.3. The van der Waals surface area contributed by atoms with Crippen molar-refractivity contribution in [2.45, 2.75) is 25.8 Å². The number of fused-ring (bicyclic) bond motifs is 1. The number of rotatable bonds is 8. The first-order chi connectivity index (χ1) is 11.8. The molecule has 3 N–H and O–H groups in total. The number of para-hydroxylation sites is 1. The van der Waals surface area contributed by atoms with E-state index in [1.807, 2.05) is 12.4 Å². The third kappa shape index (κ3) is 4.22. The molecular weight excluding hydrogens is 296 g/mol. The molecule has 0 radical (unpaired) electrons. The Kier molecular flexibility index (Phi) is 5.62. The zero-order valence-electron chi connectivity index (χ0n) is 14.3. The zero-order chi connectivity index (χ0) is 16.8. The molecule has 24 heavy (non-hydrogen) atoms. The van der Waals surface area contributed by atoms with Crippen LogP contribution >= 0.6 is 0 Å². The molecule has 2 aromatic heterocycles. The Labute approximate surface area is 143 Å². The number of hydrogen-bond acceptors (Lipinski definition) is 3. The van der Waals surface area contributed by atoms with Gasteiger partial charge in [-0.2, -0.15) is 0 Å². The third-order valence-electron chi connectivity index (χ3n) is 4.56. The van der Waals surface area contributed by atoms with Crippen LogP contribution in [-0.2, 0) is 12.8 Å². The van der Waals surface area contributed by atoms with Gasteiger partial charge in [-0.25, -0.2) is 0 Å². The quantitative estimate of drug-likeness (QED) is 0.670. The Morgan fingerprint density at radius 3 is 2.75 bits per heavy atom. The van der Waals surface area contributed by atoms with E-state index in [1.165, 1.54) is 22.0 Å². The molecule has 0 aliphatic carbocycles. The van der Waals surface area contributed by atoms with Gasteiger partial charge in [0.05, 0.1) is 0 Å². The molecule has 4 nitrogen and oxygen atoms in total. The molecule has 126 valence electrons. The van der Waals surface area contributed by atoms with Crippen LogP contribution in [0.1, 0.15) is 18.1 Å². The van der Waals surface area contributed by atoms with Crippen molar-refractivity contribution in [1.82, 2.24) is 14.9 Å². The van der Waals surface area contributed by atoms with Crippen molar-refractivity contribution in [3.8, 4) is 0 Å². The lowest BCUT2D eigenvalue weighted by atomic mass is 10.0. The maximum absolute atomic E-state index is 6.44. The molecule has 0 saturated carbocycles. The van der Waals surface area contributed by atoms with Gasteiger partial charge in [-0.15, -0.1) is 0 Å². The summed E-state index contributed by atoms with van der Waals surface area (Å²) >= 11 is 0. The minimum absolute atomic E-state index is 0.140. The van der Waals surface area contributed by atoms with E-state index in [-0.39, 0.29) is 6.04 Å². The van der Waals surface area contributed by atoms with E-state index >= 15 is 0 Å². The molecule has 3 rings (SSSR count). The van der Waals surface area contributed by atoms with Crippen molar-refractivity contribution in [3.63, 3.8) is 0 Å². The number of aromatic nitrogens is 2. The van der Waals surface area contributed by atoms with Crippen LogP contribution in [0.3, 0.4) is 0 Å². The highest BCUT2D eigenvalue weighted by atomic mass is 15.1. The number of nitrogens with one attached hydrogen (secondary N) is 1. The molecule has 3 aromatic rings. The van der Waals surface area contributed by atoms with E-state index in [0.717, 1.165) is 32.5 Å². The zero-order valence-corrected chi connectivity index (χ0v) is 14.3. The van der Waals surface area contributed by atoms with Crippen LogP contribution in [0.4, 0.5) is 0 Å². The fourth-order valence-corrected chi connectivity index (χ4v) is 3.19. The molecule has 0 aliphatic rings. The number of aromatic amines is 1. The Bertz CT molecular complexity index is 750. The maximum atomic E-state index is 6.44. The number of nitrogens with two attached hydrogens (primary N) is 1. The summed E-state index contributed by atoms with van der Waals surface area (Å²) in [5, 5.41) is 1.28. The normalized spacial score (nSPS) is 12.8. The minimum Gasteiger partial charge on any atom is -0.361 e. The van der Waals surface area contributed by atoms with Crippen LogP contribution in [-0.4, -0.2) is 40.5 Å². The Balaban J connectivity index is 1.55. The van der Waals surface area contributed by atoms with Crippen molar-refractivity contribution < 1.29 is 0 Å². The van der Waals surface area contributed by atoms with Gasteiger partial charge in [0, 0.05) is 48.6 Å². The maximum Gasteiger partial charge on any atom is 0.0456 e. The summed E-state index contributed by atoms with van der Waals surface area (Å²) in [5.74, 6) is 0.